The van der Waals surface area contributed by atoms with Gasteiger partial charge < -0.3 is 10.0 Å². The minimum atomic E-state index is -0.906. The molecule has 2 aromatic heterocycles. The van der Waals surface area contributed by atoms with Gasteiger partial charge in [0.1, 0.15) is 12.4 Å². The molecule has 1 N–H and O–H groups in total. The Kier molecular flexibility index (Phi) is 4.11. The quantitative estimate of drug-likeness (QED) is 0.912. The molecule has 0 unspecified atom stereocenters. The summed E-state index contributed by atoms with van der Waals surface area (Å²) in [5.41, 5.74) is 0. The number of carbonyl (C=O) groups is 1. The van der Waals surface area contributed by atoms with E-state index in [-0.39, 0.29) is 6.54 Å². The number of carboxylic acids is 1. The maximum absolute atomic E-state index is 10.9. The Morgan fingerprint density at radius 3 is 2.83 bits per heavy atom. The maximum atomic E-state index is 10.9. The number of hydrogen-bond donors (Lipinski definition) is 1. The number of carboxylic acid groups (broad SMARTS) is 1. The predicted octanol–water partition coefficient (Wildman–Crippen LogP) is 2.28. The molecule has 0 aliphatic heterocycles. The largest absolute Gasteiger partial charge is 0.480 e. The molecular weight excluding hydrogens is 274 g/mol. The summed E-state index contributed by atoms with van der Waals surface area (Å²) in [6.07, 6.45) is 3.27. The summed E-state index contributed by atoms with van der Waals surface area (Å²) in [6.45, 7) is 0.306. The summed E-state index contributed by atoms with van der Waals surface area (Å²) in [7, 11) is 0. The maximum Gasteiger partial charge on any atom is 0.323 e. The second-order valence-corrected chi connectivity index (χ2v) is 5.21. The fourth-order valence-corrected chi connectivity index (χ4v) is 2.46. The van der Waals surface area contributed by atoms with Gasteiger partial charge in [-0.25, -0.2) is 9.97 Å². The highest BCUT2D eigenvalue weighted by atomic mass is 35.5. The molecular formula is C11H10ClN3O2S. The van der Waals surface area contributed by atoms with Crippen molar-refractivity contribution in [1.82, 2.24) is 9.97 Å². The molecule has 18 heavy (non-hydrogen) atoms. The zero-order valence-corrected chi connectivity index (χ0v) is 10.9. The van der Waals surface area contributed by atoms with E-state index in [1.807, 2.05) is 6.07 Å². The number of thiazole rings is 1. The first-order valence-electron chi connectivity index (χ1n) is 5.13. The average molecular weight is 284 g/mol. The Bertz CT molecular complexity index is 532. The third-order valence-electron chi connectivity index (χ3n) is 2.17. The lowest BCUT2D eigenvalue weighted by Gasteiger charge is -2.20. The summed E-state index contributed by atoms with van der Waals surface area (Å²) in [5, 5.41) is 8.92. The first-order chi connectivity index (χ1) is 8.65. The van der Waals surface area contributed by atoms with Crippen molar-refractivity contribution < 1.29 is 9.90 Å². The molecule has 0 bridgehead atoms. The van der Waals surface area contributed by atoms with E-state index >= 15 is 0 Å². The lowest BCUT2D eigenvalue weighted by atomic mass is 10.4. The zero-order chi connectivity index (χ0) is 13.0. The Balaban J connectivity index is 2.18. The molecule has 2 rings (SSSR count). The van der Waals surface area contributed by atoms with Gasteiger partial charge in [0.15, 0.2) is 4.47 Å². The van der Waals surface area contributed by atoms with E-state index in [0.717, 1.165) is 4.88 Å². The van der Waals surface area contributed by atoms with Crippen molar-refractivity contribution >= 4 is 34.7 Å². The second-order valence-electron chi connectivity index (χ2n) is 3.52. The molecule has 0 fully saturated rings. The van der Waals surface area contributed by atoms with Gasteiger partial charge in [-0.2, -0.15) is 0 Å². The van der Waals surface area contributed by atoms with Gasteiger partial charge in [-0.3, -0.25) is 4.79 Å². The number of nitrogens with zero attached hydrogens (tertiary/aromatic N) is 3. The molecule has 2 aromatic rings. The minimum Gasteiger partial charge on any atom is -0.480 e. The molecule has 0 saturated carbocycles. The van der Waals surface area contributed by atoms with Crippen LogP contribution in [0.15, 0.2) is 30.6 Å². The molecule has 0 spiro atoms. The second kappa shape index (κ2) is 5.79. The van der Waals surface area contributed by atoms with Crippen LogP contribution in [-0.4, -0.2) is 27.6 Å². The summed E-state index contributed by atoms with van der Waals surface area (Å²) < 4.78 is 0.446. The average Bonchev–Trinajstić information content (AvgIpc) is 2.75. The van der Waals surface area contributed by atoms with Gasteiger partial charge in [-0.1, -0.05) is 17.7 Å². The highest BCUT2D eigenvalue weighted by molar-refractivity contribution is 7.15. The molecule has 0 radical (unpaired) electrons. The lowest BCUT2D eigenvalue weighted by Crippen LogP contribution is -2.29. The van der Waals surface area contributed by atoms with Crippen LogP contribution in [0.3, 0.4) is 0 Å². The number of pyridine rings is 1. The molecule has 0 aliphatic rings. The molecule has 5 nitrogen and oxygen atoms in total. The van der Waals surface area contributed by atoms with Crippen molar-refractivity contribution in [2.75, 3.05) is 11.4 Å². The van der Waals surface area contributed by atoms with Gasteiger partial charge in [0.05, 0.1) is 6.54 Å². The van der Waals surface area contributed by atoms with Crippen LogP contribution in [0.1, 0.15) is 4.88 Å². The van der Waals surface area contributed by atoms with E-state index in [0.29, 0.717) is 16.8 Å². The number of anilines is 1. The fraction of sp³-hybridized carbons (Fsp3) is 0.182. The Hall–Kier alpha value is -1.66. The van der Waals surface area contributed by atoms with Gasteiger partial charge in [0.25, 0.3) is 0 Å². The van der Waals surface area contributed by atoms with Gasteiger partial charge >= 0.3 is 5.97 Å². The minimum absolute atomic E-state index is 0.119. The van der Waals surface area contributed by atoms with Gasteiger partial charge in [0, 0.05) is 17.3 Å². The molecule has 2 heterocycles. The van der Waals surface area contributed by atoms with Crippen molar-refractivity contribution in [3.05, 3.63) is 39.9 Å². The molecule has 7 heteroatoms. The Labute approximate surface area is 113 Å². The van der Waals surface area contributed by atoms with Crippen molar-refractivity contribution in [1.29, 1.82) is 0 Å². The molecule has 0 aromatic carbocycles. The lowest BCUT2D eigenvalue weighted by molar-refractivity contribution is -0.135. The molecule has 0 atom stereocenters. The smallest absolute Gasteiger partial charge is 0.323 e. The van der Waals surface area contributed by atoms with Gasteiger partial charge in [-0.05, 0) is 12.1 Å². The number of rotatable bonds is 5. The molecule has 0 saturated heterocycles. The van der Waals surface area contributed by atoms with E-state index in [2.05, 4.69) is 9.97 Å². The van der Waals surface area contributed by atoms with Crippen LogP contribution >= 0.6 is 22.9 Å². The summed E-state index contributed by atoms with van der Waals surface area (Å²) >= 11 is 7.08. The van der Waals surface area contributed by atoms with Crippen molar-refractivity contribution in [2.24, 2.45) is 0 Å². The van der Waals surface area contributed by atoms with E-state index in [1.165, 1.54) is 11.3 Å². The normalized spacial score (nSPS) is 10.3. The summed E-state index contributed by atoms with van der Waals surface area (Å²) in [4.78, 5) is 21.5. The Morgan fingerprint density at radius 2 is 2.28 bits per heavy atom. The summed E-state index contributed by atoms with van der Waals surface area (Å²) in [6, 6.07) is 5.37. The highest BCUT2D eigenvalue weighted by Gasteiger charge is 2.13. The Morgan fingerprint density at radius 1 is 1.44 bits per heavy atom. The monoisotopic (exact) mass is 283 g/mol. The highest BCUT2D eigenvalue weighted by Crippen LogP contribution is 2.21. The van der Waals surface area contributed by atoms with Crippen LogP contribution in [0.25, 0.3) is 0 Å². The predicted molar refractivity (Wildman–Crippen MR) is 70.0 cm³/mol. The SMILES string of the molecule is O=C(O)CN(Cc1cnc(Cl)s1)c1ccccn1. The van der Waals surface area contributed by atoms with Crippen LogP contribution in [0.2, 0.25) is 4.47 Å². The van der Waals surface area contributed by atoms with Crippen LogP contribution in [-0.2, 0) is 11.3 Å². The van der Waals surface area contributed by atoms with Crippen LogP contribution in [0.5, 0.6) is 0 Å². The first-order valence-corrected chi connectivity index (χ1v) is 6.32. The van der Waals surface area contributed by atoms with E-state index in [9.17, 15) is 4.79 Å². The van der Waals surface area contributed by atoms with Crippen molar-refractivity contribution in [3.8, 4) is 0 Å². The van der Waals surface area contributed by atoms with E-state index in [4.69, 9.17) is 16.7 Å². The number of aromatic nitrogens is 2. The van der Waals surface area contributed by atoms with Crippen molar-refractivity contribution in [3.63, 3.8) is 0 Å². The first kappa shape index (κ1) is 12.8. The van der Waals surface area contributed by atoms with E-state index < -0.39 is 5.97 Å². The zero-order valence-electron chi connectivity index (χ0n) is 9.28. The van der Waals surface area contributed by atoms with Crippen LogP contribution in [0.4, 0.5) is 5.82 Å². The number of halogens is 1. The number of hydrogen-bond acceptors (Lipinski definition) is 5. The van der Waals surface area contributed by atoms with Crippen LogP contribution < -0.4 is 4.90 Å². The van der Waals surface area contributed by atoms with Crippen LogP contribution in [0, 0.1) is 0 Å². The molecule has 0 aliphatic carbocycles. The van der Waals surface area contributed by atoms with Crippen molar-refractivity contribution in [2.45, 2.75) is 6.54 Å². The standard InChI is InChI=1S/C11H10ClN3O2S/c12-11-14-5-8(18-11)6-15(7-10(16)17)9-3-1-2-4-13-9/h1-5H,6-7H2,(H,16,17). The van der Waals surface area contributed by atoms with Gasteiger partial charge in [0.2, 0.25) is 0 Å². The third-order valence-corrected chi connectivity index (χ3v) is 3.27. The topological polar surface area (TPSA) is 66.3 Å². The summed E-state index contributed by atoms with van der Waals surface area (Å²) in [5.74, 6) is -0.291. The van der Waals surface area contributed by atoms with Gasteiger partial charge in [-0.15, -0.1) is 11.3 Å². The third kappa shape index (κ3) is 3.41. The van der Waals surface area contributed by atoms with E-state index in [1.54, 1.807) is 29.4 Å². The molecule has 0 amide bonds. The molecule has 94 valence electrons. The number of aliphatic carboxylic acids is 1. The fourth-order valence-electron chi connectivity index (χ4n) is 1.47.